The highest BCUT2D eigenvalue weighted by atomic mass is 16.5. The smallest absolute Gasteiger partial charge is 0.309 e. The van der Waals surface area contributed by atoms with Crippen LogP contribution in [0, 0.1) is 17.2 Å². The molecule has 1 aromatic carbocycles. The lowest BCUT2D eigenvalue weighted by Crippen LogP contribution is -2.36. The molecule has 8 heteroatoms. The molecule has 0 radical (unpaired) electrons. The molecule has 140 valence electrons. The molecular formula is C19H22N6O2. The number of carbonyl (C=O) groups is 1. The maximum Gasteiger partial charge on any atom is 0.309 e. The SMILES string of the molecule is CCOC(=O)C1CCN(c2ccc(-c3nc(N)nc(N)c3C#N)cc2)CC1. The highest BCUT2D eigenvalue weighted by Crippen LogP contribution is 2.29. The summed E-state index contributed by atoms with van der Waals surface area (Å²) in [4.78, 5) is 22.1. The summed E-state index contributed by atoms with van der Waals surface area (Å²) in [5.41, 5.74) is 13.9. The number of benzene rings is 1. The molecule has 0 spiro atoms. The first-order valence-corrected chi connectivity index (χ1v) is 8.88. The molecule has 2 aromatic rings. The van der Waals surface area contributed by atoms with Crippen molar-refractivity contribution >= 4 is 23.4 Å². The van der Waals surface area contributed by atoms with Crippen molar-refractivity contribution in [3.63, 3.8) is 0 Å². The van der Waals surface area contributed by atoms with Gasteiger partial charge in [-0.05, 0) is 31.9 Å². The Hall–Kier alpha value is -3.34. The van der Waals surface area contributed by atoms with E-state index in [-0.39, 0.29) is 29.2 Å². The third-order valence-corrected chi connectivity index (χ3v) is 4.69. The van der Waals surface area contributed by atoms with Gasteiger partial charge in [0.2, 0.25) is 5.95 Å². The number of rotatable bonds is 4. The Morgan fingerprint density at radius 1 is 1.26 bits per heavy atom. The second-order valence-corrected chi connectivity index (χ2v) is 6.36. The summed E-state index contributed by atoms with van der Waals surface area (Å²) in [5, 5.41) is 9.32. The van der Waals surface area contributed by atoms with Crippen LogP contribution in [0.2, 0.25) is 0 Å². The second-order valence-electron chi connectivity index (χ2n) is 6.36. The highest BCUT2D eigenvalue weighted by molar-refractivity contribution is 5.75. The van der Waals surface area contributed by atoms with E-state index in [0.717, 1.165) is 37.2 Å². The minimum absolute atomic E-state index is 0.0226. The van der Waals surface area contributed by atoms with Crippen LogP contribution in [-0.2, 0) is 9.53 Å². The minimum atomic E-state index is -0.101. The fraction of sp³-hybridized carbons (Fsp3) is 0.368. The minimum Gasteiger partial charge on any atom is -0.466 e. The Balaban J connectivity index is 1.74. The van der Waals surface area contributed by atoms with Crippen LogP contribution in [0.4, 0.5) is 17.5 Å². The number of nitrogens with two attached hydrogens (primary N) is 2. The van der Waals surface area contributed by atoms with Crippen molar-refractivity contribution in [1.29, 1.82) is 5.26 Å². The number of anilines is 3. The molecule has 2 heterocycles. The summed E-state index contributed by atoms with van der Waals surface area (Å²) >= 11 is 0. The van der Waals surface area contributed by atoms with E-state index in [1.165, 1.54) is 0 Å². The zero-order valence-electron chi connectivity index (χ0n) is 15.2. The van der Waals surface area contributed by atoms with Crippen LogP contribution in [0.1, 0.15) is 25.3 Å². The quantitative estimate of drug-likeness (QED) is 0.785. The molecule has 8 nitrogen and oxygen atoms in total. The number of piperidine rings is 1. The lowest BCUT2D eigenvalue weighted by atomic mass is 9.96. The molecule has 0 amide bonds. The maximum atomic E-state index is 11.9. The summed E-state index contributed by atoms with van der Waals surface area (Å²) in [6, 6.07) is 9.74. The van der Waals surface area contributed by atoms with E-state index < -0.39 is 0 Å². The summed E-state index contributed by atoms with van der Waals surface area (Å²) in [6.07, 6.45) is 1.55. The van der Waals surface area contributed by atoms with Crippen LogP contribution in [0.3, 0.4) is 0 Å². The van der Waals surface area contributed by atoms with Crippen LogP contribution < -0.4 is 16.4 Å². The van der Waals surface area contributed by atoms with Crippen molar-refractivity contribution in [2.75, 3.05) is 36.1 Å². The van der Waals surface area contributed by atoms with E-state index in [0.29, 0.717) is 12.3 Å². The van der Waals surface area contributed by atoms with E-state index in [1.807, 2.05) is 37.3 Å². The molecule has 0 atom stereocenters. The summed E-state index contributed by atoms with van der Waals surface area (Å²) in [5.74, 6) is -0.0159. The third kappa shape index (κ3) is 3.92. The van der Waals surface area contributed by atoms with Gasteiger partial charge < -0.3 is 21.1 Å². The lowest BCUT2D eigenvalue weighted by molar-refractivity contribution is -0.148. The molecule has 0 aliphatic carbocycles. The summed E-state index contributed by atoms with van der Waals surface area (Å²) in [6.45, 7) is 3.83. The van der Waals surface area contributed by atoms with Gasteiger partial charge in [-0.3, -0.25) is 4.79 Å². The van der Waals surface area contributed by atoms with Crippen LogP contribution >= 0.6 is 0 Å². The Morgan fingerprint density at radius 3 is 2.52 bits per heavy atom. The number of nitrogen functional groups attached to an aromatic ring is 2. The average Bonchev–Trinajstić information content (AvgIpc) is 2.68. The molecule has 0 bridgehead atoms. The zero-order valence-corrected chi connectivity index (χ0v) is 15.2. The monoisotopic (exact) mass is 366 g/mol. The van der Waals surface area contributed by atoms with E-state index in [1.54, 1.807) is 0 Å². The van der Waals surface area contributed by atoms with E-state index >= 15 is 0 Å². The first-order valence-electron chi connectivity index (χ1n) is 8.88. The number of ether oxygens (including phenoxy) is 1. The molecule has 0 unspecified atom stereocenters. The van der Waals surface area contributed by atoms with Crippen molar-refractivity contribution in [3.8, 4) is 17.3 Å². The van der Waals surface area contributed by atoms with Gasteiger partial charge in [0.15, 0.2) is 0 Å². The third-order valence-electron chi connectivity index (χ3n) is 4.69. The predicted octanol–water partition coefficient (Wildman–Crippen LogP) is 1.96. The fourth-order valence-corrected chi connectivity index (χ4v) is 3.28. The van der Waals surface area contributed by atoms with Gasteiger partial charge in [0.25, 0.3) is 0 Å². The van der Waals surface area contributed by atoms with Crippen molar-refractivity contribution in [2.24, 2.45) is 5.92 Å². The van der Waals surface area contributed by atoms with Gasteiger partial charge in [-0.25, -0.2) is 4.98 Å². The molecule has 0 saturated carbocycles. The largest absolute Gasteiger partial charge is 0.466 e. The Labute approximate surface area is 157 Å². The second kappa shape index (κ2) is 7.91. The molecule has 3 rings (SSSR count). The van der Waals surface area contributed by atoms with E-state index in [4.69, 9.17) is 16.2 Å². The van der Waals surface area contributed by atoms with Gasteiger partial charge in [-0.1, -0.05) is 12.1 Å². The Bertz CT molecular complexity index is 867. The number of nitriles is 1. The van der Waals surface area contributed by atoms with Crippen molar-refractivity contribution in [3.05, 3.63) is 29.8 Å². The first kappa shape index (κ1) is 18.5. The maximum absolute atomic E-state index is 11.9. The molecular weight excluding hydrogens is 344 g/mol. The molecule has 1 fully saturated rings. The van der Waals surface area contributed by atoms with Crippen molar-refractivity contribution < 1.29 is 9.53 Å². The number of hydrogen-bond acceptors (Lipinski definition) is 8. The van der Waals surface area contributed by atoms with Gasteiger partial charge in [0, 0.05) is 24.3 Å². The van der Waals surface area contributed by atoms with Gasteiger partial charge in [0.05, 0.1) is 18.2 Å². The van der Waals surface area contributed by atoms with Gasteiger partial charge in [-0.2, -0.15) is 10.2 Å². The summed E-state index contributed by atoms with van der Waals surface area (Å²) in [7, 11) is 0. The Kier molecular flexibility index (Phi) is 5.41. The van der Waals surface area contributed by atoms with Crippen molar-refractivity contribution in [1.82, 2.24) is 9.97 Å². The normalized spacial score (nSPS) is 14.6. The van der Waals surface area contributed by atoms with Crippen LogP contribution in [0.15, 0.2) is 24.3 Å². The van der Waals surface area contributed by atoms with Crippen molar-refractivity contribution in [2.45, 2.75) is 19.8 Å². The molecule has 1 aliphatic rings. The van der Waals surface area contributed by atoms with E-state index in [2.05, 4.69) is 14.9 Å². The number of hydrogen-bond donors (Lipinski definition) is 2. The highest BCUT2D eigenvalue weighted by Gasteiger charge is 2.26. The van der Waals surface area contributed by atoms with E-state index in [9.17, 15) is 10.1 Å². The fourth-order valence-electron chi connectivity index (χ4n) is 3.28. The van der Waals surface area contributed by atoms with Crippen LogP contribution in [0.5, 0.6) is 0 Å². The number of nitrogens with zero attached hydrogens (tertiary/aromatic N) is 4. The lowest BCUT2D eigenvalue weighted by Gasteiger charge is -2.32. The molecule has 1 aliphatic heterocycles. The average molecular weight is 366 g/mol. The predicted molar refractivity (Wildman–Crippen MR) is 103 cm³/mol. The van der Waals surface area contributed by atoms with Gasteiger partial charge in [0.1, 0.15) is 17.5 Å². The summed E-state index contributed by atoms with van der Waals surface area (Å²) < 4.78 is 5.11. The number of esters is 1. The van der Waals surface area contributed by atoms with Gasteiger partial charge >= 0.3 is 5.97 Å². The zero-order chi connectivity index (χ0) is 19.4. The molecule has 1 saturated heterocycles. The molecule has 27 heavy (non-hydrogen) atoms. The molecule has 1 aromatic heterocycles. The Morgan fingerprint density at radius 2 is 1.93 bits per heavy atom. The first-order chi connectivity index (χ1) is 13.0. The standard InChI is InChI=1S/C19H22N6O2/c1-2-27-18(26)13-7-9-25(10-8-13)14-5-3-12(4-6-14)16-15(11-20)17(21)24-19(22)23-16/h3-6,13H,2,7-10H2,1H3,(H4,21,22,23,24). The number of carbonyl (C=O) groups excluding carboxylic acids is 1. The van der Waals surface area contributed by atoms with Crippen LogP contribution in [-0.4, -0.2) is 35.6 Å². The van der Waals surface area contributed by atoms with Gasteiger partial charge in [-0.15, -0.1) is 0 Å². The van der Waals surface area contributed by atoms with Crippen LogP contribution in [0.25, 0.3) is 11.3 Å². The molecule has 4 N–H and O–H groups in total. The number of aromatic nitrogens is 2. The topological polar surface area (TPSA) is 131 Å².